The minimum Gasteiger partial charge on any atom is -0.393 e. The van der Waals surface area contributed by atoms with Gasteiger partial charge in [-0.25, -0.2) is 0 Å². The van der Waals surface area contributed by atoms with Crippen LogP contribution in [0.25, 0.3) is 0 Å². The quantitative estimate of drug-likeness (QED) is 0.638. The van der Waals surface area contributed by atoms with Gasteiger partial charge in [0.05, 0.1) is 13.2 Å². The van der Waals surface area contributed by atoms with E-state index in [-0.39, 0.29) is 30.2 Å². The number of likely N-dealkylation sites (tertiary alicyclic amines) is 1. The molecule has 1 saturated carbocycles. The van der Waals surface area contributed by atoms with Gasteiger partial charge in [-0.1, -0.05) is 0 Å². The van der Waals surface area contributed by atoms with Gasteiger partial charge >= 0.3 is 0 Å². The lowest BCUT2D eigenvalue weighted by Gasteiger charge is -2.34. The molecule has 2 amide bonds. The van der Waals surface area contributed by atoms with E-state index in [1.165, 1.54) is 6.92 Å². The molecule has 5 nitrogen and oxygen atoms in total. The zero-order valence-electron chi connectivity index (χ0n) is 9.35. The van der Waals surface area contributed by atoms with Crippen LogP contribution in [-0.4, -0.2) is 45.7 Å². The fourth-order valence-corrected chi connectivity index (χ4v) is 2.53. The highest BCUT2D eigenvalue weighted by Crippen LogP contribution is 2.38. The molecule has 90 valence electrons. The van der Waals surface area contributed by atoms with E-state index in [4.69, 9.17) is 5.11 Å². The van der Waals surface area contributed by atoms with E-state index in [0.29, 0.717) is 6.42 Å². The first-order valence-electron chi connectivity index (χ1n) is 5.63. The summed E-state index contributed by atoms with van der Waals surface area (Å²) in [6.45, 7) is 0.859. The van der Waals surface area contributed by atoms with E-state index in [2.05, 4.69) is 0 Å². The zero-order chi connectivity index (χ0) is 11.9. The van der Waals surface area contributed by atoms with Crippen LogP contribution < -0.4 is 0 Å². The van der Waals surface area contributed by atoms with E-state index in [9.17, 15) is 14.7 Å². The Morgan fingerprint density at radius 2 is 1.81 bits per heavy atom. The molecule has 1 heterocycles. The first-order valence-corrected chi connectivity index (χ1v) is 5.63. The number of nitrogens with zero attached hydrogens (tertiary/aromatic N) is 1. The van der Waals surface area contributed by atoms with E-state index in [0.717, 1.165) is 17.7 Å². The molecule has 2 aliphatic rings. The van der Waals surface area contributed by atoms with Gasteiger partial charge in [0.25, 0.3) is 0 Å². The van der Waals surface area contributed by atoms with E-state index < -0.39 is 12.2 Å². The SMILES string of the molecule is CC(O)(CO)CN1C(=O)C2CCC(C2)C1=O. The second-order valence-electron chi connectivity index (χ2n) is 5.12. The van der Waals surface area contributed by atoms with Gasteiger partial charge in [0, 0.05) is 11.8 Å². The monoisotopic (exact) mass is 227 g/mol. The minimum absolute atomic E-state index is 0.0582. The fourth-order valence-electron chi connectivity index (χ4n) is 2.53. The molecule has 3 unspecified atom stereocenters. The second kappa shape index (κ2) is 3.82. The summed E-state index contributed by atoms with van der Waals surface area (Å²) < 4.78 is 0. The van der Waals surface area contributed by atoms with Crippen molar-refractivity contribution in [2.24, 2.45) is 11.8 Å². The molecule has 2 N–H and O–H groups in total. The first-order chi connectivity index (χ1) is 7.44. The van der Waals surface area contributed by atoms with Gasteiger partial charge in [-0.3, -0.25) is 14.5 Å². The molecule has 0 aromatic heterocycles. The van der Waals surface area contributed by atoms with Crippen molar-refractivity contribution in [3.63, 3.8) is 0 Å². The lowest BCUT2D eigenvalue weighted by Crippen LogP contribution is -2.53. The summed E-state index contributed by atoms with van der Waals surface area (Å²) in [5.41, 5.74) is -1.40. The number of amides is 2. The predicted octanol–water partition coefficient (Wildman–Crippen LogP) is -0.485. The topological polar surface area (TPSA) is 77.8 Å². The zero-order valence-corrected chi connectivity index (χ0v) is 9.35. The number of imide groups is 1. The molecule has 5 heteroatoms. The van der Waals surface area contributed by atoms with Crippen LogP contribution in [0, 0.1) is 11.8 Å². The summed E-state index contributed by atoms with van der Waals surface area (Å²) in [4.78, 5) is 24.9. The molecule has 0 radical (unpaired) electrons. The minimum atomic E-state index is -1.40. The molecule has 3 atom stereocenters. The highest BCUT2D eigenvalue weighted by molar-refractivity contribution is 6.00. The molecular weight excluding hydrogens is 210 g/mol. The average molecular weight is 227 g/mol. The van der Waals surface area contributed by atoms with Crippen LogP contribution in [0.3, 0.4) is 0 Å². The first kappa shape index (κ1) is 11.5. The molecule has 2 bridgehead atoms. The van der Waals surface area contributed by atoms with Crippen molar-refractivity contribution >= 4 is 11.8 Å². The number of aliphatic hydroxyl groups is 2. The Bertz CT molecular complexity index is 304. The number of hydrogen-bond acceptors (Lipinski definition) is 4. The van der Waals surface area contributed by atoms with Crippen LogP contribution in [0.15, 0.2) is 0 Å². The maximum Gasteiger partial charge on any atom is 0.232 e. The normalized spacial score (nSPS) is 33.1. The standard InChI is InChI=1S/C11H17NO4/c1-11(16,6-13)5-12-9(14)7-2-3-8(4-7)10(12)15/h7-8,13,16H,2-6H2,1H3. The Labute approximate surface area is 94.0 Å². The molecule has 2 rings (SSSR count). The van der Waals surface area contributed by atoms with Crippen molar-refractivity contribution < 1.29 is 19.8 Å². The summed E-state index contributed by atoms with van der Waals surface area (Å²) in [6, 6.07) is 0. The maximum absolute atomic E-state index is 11.9. The number of hydrogen-bond donors (Lipinski definition) is 2. The molecule has 1 saturated heterocycles. The van der Waals surface area contributed by atoms with Gasteiger partial charge in [0.1, 0.15) is 5.60 Å². The van der Waals surface area contributed by atoms with Gasteiger partial charge < -0.3 is 10.2 Å². The third kappa shape index (κ3) is 1.85. The number of carbonyl (C=O) groups is 2. The third-order valence-corrected chi connectivity index (χ3v) is 3.50. The average Bonchev–Trinajstić information content (AvgIpc) is 2.69. The lowest BCUT2D eigenvalue weighted by molar-refractivity contribution is -0.157. The largest absolute Gasteiger partial charge is 0.393 e. The van der Waals surface area contributed by atoms with Gasteiger partial charge in [-0.2, -0.15) is 0 Å². The van der Waals surface area contributed by atoms with E-state index in [1.807, 2.05) is 0 Å². The Morgan fingerprint density at radius 1 is 1.31 bits per heavy atom. The van der Waals surface area contributed by atoms with Crippen molar-refractivity contribution in [2.45, 2.75) is 31.8 Å². The Balaban J connectivity index is 2.14. The summed E-state index contributed by atoms with van der Waals surface area (Å²) in [5.74, 6) is -0.491. The second-order valence-corrected chi connectivity index (χ2v) is 5.12. The number of β-amino-alcohol motifs (C(OH)–C–C–N with tert-alkyl or cyclic N) is 1. The number of carbonyl (C=O) groups excluding carboxylic acids is 2. The Kier molecular flexibility index (Phi) is 2.75. The summed E-state index contributed by atoms with van der Waals surface area (Å²) >= 11 is 0. The van der Waals surface area contributed by atoms with Crippen molar-refractivity contribution in [1.29, 1.82) is 0 Å². The molecule has 0 aromatic carbocycles. The molecule has 2 fully saturated rings. The van der Waals surface area contributed by atoms with Crippen LogP contribution in [0.4, 0.5) is 0 Å². The lowest BCUT2D eigenvalue weighted by atomic mass is 9.95. The Morgan fingerprint density at radius 3 is 2.25 bits per heavy atom. The van der Waals surface area contributed by atoms with Crippen LogP contribution in [0.2, 0.25) is 0 Å². The fraction of sp³-hybridized carbons (Fsp3) is 0.818. The third-order valence-electron chi connectivity index (χ3n) is 3.50. The van der Waals surface area contributed by atoms with Gasteiger partial charge in [0.15, 0.2) is 0 Å². The number of piperidine rings is 1. The molecule has 1 aliphatic carbocycles. The van der Waals surface area contributed by atoms with Crippen LogP contribution >= 0.6 is 0 Å². The van der Waals surface area contributed by atoms with Gasteiger partial charge in [-0.15, -0.1) is 0 Å². The number of aliphatic hydroxyl groups excluding tert-OH is 1. The van der Waals surface area contributed by atoms with Crippen molar-refractivity contribution in [3.8, 4) is 0 Å². The van der Waals surface area contributed by atoms with Crippen molar-refractivity contribution in [2.75, 3.05) is 13.2 Å². The summed E-state index contributed by atoms with van der Waals surface area (Å²) in [7, 11) is 0. The van der Waals surface area contributed by atoms with Crippen LogP contribution in [0.5, 0.6) is 0 Å². The van der Waals surface area contributed by atoms with E-state index >= 15 is 0 Å². The highest BCUT2D eigenvalue weighted by Gasteiger charge is 2.46. The predicted molar refractivity (Wildman–Crippen MR) is 55.3 cm³/mol. The van der Waals surface area contributed by atoms with Gasteiger partial charge in [0.2, 0.25) is 11.8 Å². The van der Waals surface area contributed by atoms with E-state index in [1.54, 1.807) is 0 Å². The molecule has 0 aromatic rings. The molecule has 16 heavy (non-hydrogen) atoms. The number of fused-ring (bicyclic) bond motifs is 2. The highest BCUT2D eigenvalue weighted by atomic mass is 16.3. The smallest absolute Gasteiger partial charge is 0.232 e. The van der Waals surface area contributed by atoms with Crippen molar-refractivity contribution in [1.82, 2.24) is 4.90 Å². The van der Waals surface area contributed by atoms with Gasteiger partial charge in [-0.05, 0) is 26.2 Å². The molecule has 1 aliphatic heterocycles. The maximum atomic E-state index is 11.9. The number of rotatable bonds is 3. The molecular formula is C11H17NO4. The summed E-state index contributed by atoms with van der Waals surface area (Å²) in [6.07, 6.45) is 2.20. The summed E-state index contributed by atoms with van der Waals surface area (Å²) in [5, 5.41) is 18.7. The van der Waals surface area contributed by atoms with Crippen LogP contribution in [0.1, 0.15) is 26.2 Å². The Hall–Kier alpha value is -0.940. The van der Waals surface area contributed by atoms with Crippen LogP contribution in [-0.2, 0) is 9.59 Å². The van der Waals surface area contributed by atoms with Crippen molar-refractivity contribution in [3.05, 3.63) is 0 Å². The molecule has 0 spiro atoms.